The molecular formula is C23H32N2O4. The van der Waals surface area contributed by atoms with Crippen molar-refractivity contribution in [2.45, 2.75) is 59.8 Å². The minimum Gasteiger partial charge on any atom is -0.511 e. The SMILES string of the molecule is CCON=C(CC)C1=C(O)CC(c2c(C)cc(C)c(C(=O)N(C)C)c2C)CC1=O. The Morgan fingerprint density at radius 1 is 1.21 bits per heavy atom. The second kappa shape index (κ2) is 9.25. The highest BCUT2D eigenvalue weighted by atomic mass is 16.6. The predicted octanol–water partition coefficient (Wildman–Crippen LogP) is 4.37. The zero-order chi connectivity index (χ0) is 21.9. The van der Waals surface area contributed by atoms with Gasteiger partial charge in [-0.2, -0.15) is 0 Å². The molecular weight excluding hydrogens is 368 g/mol. The average Bonchev–Trinajstić information content (AvgIpc) is 2.63. The molecule has 1 N–H and O–H groups in total. The van der Waals surface area contributed by atoms with Gasteiger partial charge in [0.2, 0.25) is 0 Å². The molecule has 0 aromatic heterocycles. The van der Waals surface area contributed by atoms with Crippen molar-refractivity contribution in [3.8, 4) is 0 Å². The van der Waals surface area contributed by atoms with Gasteiger partial charge in [0.25, 0.3) is 5.91 Å². The second-order valence-corrected chi connectivity index (χ2v) is 7.78. The number of Topliss-reactive ketones (excluding diaryl/α,β-unsaturated/α-hetero) is 1. The fraction of sp³-hybridized carbons (Fsp3) is 0.522. The van der Waals surface area contributed by atoms with Crippen LogP contribution >= 0.6 is 0 Å². The van der Waals surface area contributed by atoms with Crippen LogP contribution in [0.2, 0.25) is 0 Å². The maximum Gasteiger partial charge on any atom is 0.253 e. The summed E-state index contributed by atoms with van der Waals surface area (Å²) in [5.41, 5.74) is 5.24. The lowest BCUT2D eigenvalue weighted by molar-refractivity contribution is -0.116. The average molecular weight is 401 g/mol. The van der Waals surface area contributed by atoms with Crippen LogP contribution in [-0.4, -0.2) is 48.1 Å². The molecule has 1 atom stereocenters. The predicted molar refractivity (Wildman–Crippen MR) is 115 cm³/mol. The Bertz CT molecular complexity index is 881. The molecule has 1 aromatic carbocycles. The topological polar surface area (TPSA) is 79.2 Å². The highest BCUT2D eigenvalue weighted by molar-refractivity contribution is 6.23. The van der Waals surface area contributed by atoms with E-state index in [9.17, 15) is 14.7 Å². The molecule has 1 aliphatic rings. The van der Waals surface area contributed by atoms with Crippen molar-refractivity contribution >= 4 is 17.4 Å². The van der Waals surface area contributed by atoms with Crippen molar-refractivity contribution in [2.75, 3.05) is 20.7 Å². The van der Waals surface area contributed by atoms with Crippen LogP contribution in [0.5, 0.6) is 0 Å². The second-order valence-electron chi connectivity index (χ2n) is 7.78. The molecule has 0 saturated carbocycles. The van der Waals surface area contributed by atoms with Crippen molar-refractivity contribution in [1.82, 2.24) is 4.90 Å². The van der Waals surface area contributed by atoms with Crippen LogP contribution in [0.4, 0.5) is 0 Å². The molecule has 6 heteroatoms. The molecule has 0 aliphatic heterocycles. The Kier molecular flexibility index (Phi) is 7.22. The normalized spacial score (nSPS) is 17.6. The molecule has 1 aliphatic carbocycles. The zero-order valence-corrected chi connectivity index (χ0v) is 18.5. The number of carbonyl (C=O) groups excluding carboxylic acids is 2. The molecule has 0 heterocycles. The lowest BCUT2D eigenvalue weighted by atomic mass is 9.76. The molecule has 0 radical (unpaired) electrons. The van der Waals surface area contributed by atoms with Gasteiger partial charge in [-0.25, -0.2) is 0 Å². The maximum atomic E-state index is 12.9. The van der Waals surface area contributed by atoms with E-state index in [1.807, 2.05) is 40.7 Å². The van der Waals surface area contributed by atoms with Gasteiger partial charge in [0.05, 0.1) is 11.3 Å². The summed E-state index contributed by atoms with van der Waals surface area (Å²) in [5, 5.41) is 14.7. The molecule has 1 unspecified atom stereocenters. The number of aliphatic hydroxyl groups excluding tert-OH is 1. The summed E-state index contributed by atoms with van der Waals surface area (Å²) < 4.78 is 0. The number of aryl methyl sites for hydroxylation is 2. The summed E-state index contributed by atoms with van der Waals surface area (Å²) >= 11 is 0. The first-order valence-corrected chi connectivity index (χ1v) is 10.1. The monoisotopic (exact) mass is 400 g/mol. The molecule has 29 heavy (non-hydrogen) atoms. The van der Waals surface area contributed by atoms with E-state index in [1.54, 1.807) is 19.0 Å². The van der Waals surface area contributed by atoms with Crippen LogP contribution in [0.15, 0.2) is 22.6 Å². The van der Waals surface area contributed by atoms with Crippen molar-refractivity contribution in [3.63, 3.8) is 0 Å². The Morgan fingerprint density at radius 2 is 1.86 bits per heavy atom. The lowest BCUT2D eigenvalue weighted by Crippen LogP contribution is -2.27. The van der Waals surface area contributed by atoms with Crippen molar-refractivity contribution in [3.05, 3.63) is 45.2 Å². The number of benzene rings is 1. The molecule has 2 rings (SSSR count). The van der Waals surface area contributed by atoms with Gasteiger partial charge in [-0.05, 0) is 62.3 Å². The van der Waals surface area contributed by atoms with E-state index in [-0.39, 0.29) is 35.4 Å². The quantitative estimate of drug-likeness (QED) is 0.568. The zero-order valence-electron chi connectivity index (χ0n) is 18.5. The summed E-state index contributed by atoms with van der Waals surface area (Å²) in [6.45, 7) is 9.96. The van der Waals surface area contributed by atoms with Crippen LogP contribution < -0.4 is 0 Å². The molecule has 1 aromatic rings. The summed E-state index contributed by atoms with van der Waals surface area (Å²) in [6.07, 6.45) is 1.11. The van der Waals surface area contributed by atoms with E-state index in [0.29, 0.717) is 30.7 Å². The maximum absolute atomic E-state index is 12.9. The largest absolute Gasteiger partial charge is 0.511 e. The molecule has 0 fully saturated rings. The van der Waals surface area contributed by atoms with E-state index in [4.69, 9.17) is 4.84 Å². The van der Waals surface area contributed by atoms with Crippen LogP contribution in [0.1, 0.15) is 71.6 Å². The molecule has 0 spiro atoms. The number of aliphatic hydroxyl groups is 1. The minimum absolute atomic E-state index is 0.0476. The van der Waals surface area contributed by atoms with Gasteiger partial charge in [-0.15, -0.1) is 0 Å². The van der Waals surface area contributed by atoms with E-state index in [1.165, 1.54) is 0 Å². The molecule has 0 bridgehead atoms. The summed E-state index contributed by atoms with van der Waals surface area (Å²) in [7, 11) is 3.46. The first kappa shape index (κ1) is 22.7. The molecule has 0 saturated heterocycles. The summed E-state index contributed by atoms with van der Waals surface area (Å²) in [6, 6.07) is 1.99. The number of carbonyl (C=O) groups is 2. The smallest absolute Gasteiger partial charge is 0.253 e. The number of hydrogen-bond donors (Lipinski definition) is 1. The first-order valence-electron chi connectivity index (χ1n) is 10.1. The highest BCUT2D eigenvalue weighted by Crippen LogP contribution is 2.39. The van der Waals surface area contributed by atoms with Gasteiger partial charge in [0.15, 0.2) is 5.78 Å². The van der Waals surface area contributed by atoms with Crippen LogP contribution in [0.25, 0.3) is 0 Å². The fourth-order valence-electron chi connectivity index (χ4n) is 4.24. The van der Waals surface area contributed by atoms with Gasteiger partial charge < -0.3 is 14.8 Å². The van der Waals surface area contributed by atoms with E-state index >= 15 is 0 Å². The fourth-order valence-corrected chi connectivity index (χ4v) is 4.24. The third-order valence-corrected chi connectivity index (χ3v) is 5.43. The van der Waals surface area contributed by atoms with Crippen molar-refractivity contribution in [1.29, 1.82) is 0 Å². The Hall–Kier alpha value is -2.63. The van der Waals surface area contributed by atoms with Gasteiger partial charge in [0.1, 0.15) is 12.4 Å². The number of nitrogens with zero attached hydrogens (tertiary/aromatic N) is 2. The van der Waals surface area contributed by atoms with Crippen LogP contribution in [0.3, 0.4) is 0 Å². The van der Waals surface area contributed by atoms with Gasteiger partial charge in [-0.1, -0.05) is 18.1 Å². The Morgan fingerprint density at radius 3 is 2.38 bits per heavy atom. The number of ketones is 1. The third kappa shape index (κ3) is 4.52. The Labute approximate surface area is 173 Å². The Balaban J connectivity index is 2.52. The third-order valence-electron chi connectivity index (χ3n) is 5.43. The number of rotatable bonds is 6. The molecule has 158 valence electrons. The van der Waals surface area contributed by atoms with Crippen molar-refractivity contribution in [2.24, 2.45) is 5.16 Å². The van der Waals surface area contributed by atoms with Gasteiger partial charge in [-0.3, -0.25) is 9.59 Å². The molecule has 1 amide bonds. The van der Waals surface area contributed by atoms with E-state index in [2.05, 4.69) is 5.16 Å². The van der Waals surface area contributed by atoms with Crippen molar-refractivity contribution < 1.29 is 19.5 Å². The first-order chi connectivity index (χ1) is 13.6. The number of allylic oxidation sites excluding steroid dienone is 2. The van der Waals surface area contributed by atoms with E-state index in [0.717, 1.165) is 22.3 Å². The highest BCUT2D eigenvalue weighted by Gasteiger charge is 2.33. The van der Waals surface area contributed by atoms with Crippen LogP contribution in [0, 0.1) is 20.8 Å². The standard InChI is InChI=1S/C23H32N2O4/c1-8-17(24-29-9-2)22-18(26)11-16(12-19(22)27)20-13(3)10-14(4)21(15(20)5)23(28)25(6)7/h10,16,26H,8-9,11-12H2,1-7H3. The van der Waals surface area contributed by atoms with E-state index < -0.39 is 0 Å². The van der Waals surface area contributed by atoms with Gasteiger partial charge >= 0.3 is 0 Å². The summed E-state index contributed by atoms with van der Waals surface area (Å²) in [5.74, 6) is -0.322. The minimum atomic E-state index is -0.175. The number of oxime groups is 1. The number of amides is 1. The van der Waals surface area contributed by atoms with Crippen LogP contribution in [-0.2, 0) is 9.63 Å². The summed E-state index contributed by atoms with van der Waals surface area (Å²) in [4.78, 5) is 32.3. The lowest BCUT2D eigenvalue weighted by Gasteiger charge is -2.28. The molecule has 6 nitrogen and oxygen atoms in total. The van der Waals surface area contributed by atoms with Gasteiger partial charge in [0, 0.05) is 32.5 Å². The number of hydrogen-bond acceptors (Lipinski definition) is 5.